The first-order chi connectivity index (χ1) is 9.24. The Labute approximate surface area is 113 Å². The van der Waals surface area contributed by atoms with Crippen LogP contribution in [0.5, 0.6) is 0 Å². The molecule has 0 saturated heterocycles. The lowest BCUT2D eigenvalue weighted by molar-refractivity contribution is 0.367. The van der Waals surface area contributed by atoms with Crippen LogP contribution < -0.4 is 5.32 Å². The molecule has 1 N–H and O–H groups in total. The van der Waals surface area contributed by atoms with E-state index in [-0.39, 0.29) is 0 Å². The SMILES string of the molecule is CCN(C)CCNc1cc(C#N)c2ccccc2n1. The lowest BCUT2D eigenvalue weighted by Crippen LogP contribution is -2.24. The molecule has 0 aliphatic heterocycles. The number of pyridine rings is 1. The third-order valence-electron chi connectivity index (χ3n) is 3.18. The van der Waals surface area contributed by atoms with Crippen LogP contribution in [-0.2, 0) is 0 Å². The number of benzene rings is 1. The first-order valence-corrected chi connectivity index (χ1v) is 6.47. The molecule has 0 fully saturated rings. The summed E-state index contributed by atoms with van der Waals surface area (Å²) in [6, 6.07) is 11.8. The van der Waals surface area contributed by atoms with Crippen molar-refractivity contribution in [3.05, 3.63) is 35.9 Å². The number of nitrogens with zero attached hydrogens (tertiary/aromatic N) is 3. The minimum absolute atomic E-state index is 0.664. The van der Waals surface area contributed by atoms with Gasteiger partial charge in [0.05, 0.1) is 17.1 Å². The van der Waals surface area contributed by atoms with Crippen LogP contribution in [0.25, 0.3) is 10.9 Å². The van der Waals surface area contributed by atoms with Gasteiger partial charge in [0, 0.05) is 18.5 Å². The first-order valence-electron chi connectivity index (χ1n) is 6.47. The molecule has 0 aliphatic rings. The van der Waals surface area contributed by atoms with E-state index in [1.54, 1.807) is 0 Å². The number of nitrogens with one attached hydrogen (secondary N) is 1. The maximum absolute atomic E-state index is 9.20. The van der Waals surface area contributed by atoms with Crippen molar-refractivity contribution in [1.82, 2.24) is 9.88 Å². The van der Waals surface area contributed by atoms with Gasteiger partial charge in [-0.05, 0) is 25.7 Å². The van der Waals surface area contributed by atoms with Gasteiger partial charge in [-0.2, -0.15) is 5.26 Å². The van der Waals surface area contributed by atoms with Gasteiger partial charge in [-0.15, -0.1) is 0 Å². The van der Waals surface area contributed by atoms with Gasteiger partial charge in [0.2, 0.25) is 0 Å². The topological polar surface area (TPSA) is 52.0 Å². The zero-order valence-corrected chi connectivity index (χ0v) is 11.3. The van der Waals surface area contributed by atoms with Gasteiger partial charge >= 0.3 is 0 Å². The van der Waals surface area contributed by atoms with Crippen LogP contribution in [-0.4, -0.2) is 36.6 Å². The molecule has 0 saturated carbocycles. The molecule has 0 atom stereocenters. The second kappa shape index (κ2) is 6.17. The second-order valence-corrected chi connectivity index (χ2v) is 4.51. The Hall–Kier alpha value is -2.12. The first kappa shape index (κ1) is 13.3. The van der Waals surface area contributed by atoms with Crippen molar-refractivity contribution in [2.45, 2.75) is 6.92 Å². The zero-order valence-electron chi connectivity index (χ0n) is 11.3. The van der Waals surface area contributed by atoms with Crippen molar-refractivity contribution in [3.63, 3.8) is 0 Å². The van der Waals surface area contributed by atoms with Crippen LogP contribution in [0.1, 0.15) is 12.5 Å². The smallest absolute Gasteiger partial charge is 0.128 e. The largest absolute Gasteiger partial charge is 0.369 e. The van der Waals surface area contributed by atoms with Gasteiger partial charge in [0.15, 0.2) is 0 Å². The third-order valence-corrected chi connectivity index (χ3v) is 3.18. The predicted molar refractivity (Wildman–Crippen MR) is 78.1 cm³/mol. The highest BCUT2D eigenvalue weighted by Gasteiger charge is 2.04. The lowest BCUT2D eigenvalue weighted by atomic mass is 10.1. The fourth-order valence-corrected chi connectivity index (χ4v) is 1.89. The maximum atomic E-state index is 9.20. The number of rotatable bonds is 5. The standard InChI is InChI=1S/C15H18N4/c1-3-19(2)9-8-17-15-10-12(11-16)13-6-4-5-7-14(13)18-15/h4-7,10H,3,8-9H2,1-2H3,(H,17,18). The summed E-state index contributed by atoms with van der Waals surface area (Å²) in [4.78, 5) is 6.75. The van der Waals surface area contributed by atoms with E-state index < -0.39 is 0 Å². The van der Waals surface area contributed by atoms with Gasteiger partial charge in [-0.1, -0.05) is 25.1 Å². The van der Waals surface area contributed by atoms with E-state index in [1.165, 1.54) is 0 Å². The Morgan fingerprint density at radius 3 is 2.89 bits per heavy atom. The summed E-state index contributed by atoms with van der Waals surface area (Å²) in [6.45, 7) is 4.92. The quantitative estimate of drug-likeness (QED) is 0.890. The molecule has 2 aromatic rings. The van der Waals surface area contributed by atoms with Crippen LogP contribution in [0.15, 0.2) is 30.3 Å². The summed E-state index contributed by atoms with van der Waals surface area (Å²) < 4.78 is 0. The lowest BCUT2D eigenvalue weighted by Gasteiger charge is -2.14. The molecule has 0 spiro atoms. The van der Waals surface area contributed by atoms with Crippen molar-refractivity contribution in [2.24, 2.45) is 0 Å². The highest BCUT2D eigenvalue weighted by atomic mass is 15.1. The number of aromatic nitrogens is 1. The molecular weight excluding hydrogens is 236 g/mol. The van der Waals surface area contributed by atoms with E-state index in [1.807, 2.05) is 30.3 Å². The second-order valence-electron chi connectivity index (χ2n) is 4.51. The number of anilines is 1. The van der Waals surface area contributed by atoms with E-state index in [0.717, 1.165) is 36.4 Å². The fraction of sp³-hybridized carbons (Fsp3) is 0.333. The molecule has 0 bridgehead atoms. The molecule has 0 radical (unpaired) electrons. The summed E-state index contributed by atoms with van der Waals surface area (Å²) in [5, 5.41) is 13.4. The Balaban J connectivity index is 2.18. The van der Waals surface area contributed by atoms with Gasteiger partial charge in [-0.3, -0.25) is 0 Å². The Bertz CT molecular complexity index is 601. The van der Waals surface area contributed by atoms with Crippen LogP contribution >= 0.6 is 0 Å². The number of hydrogen-bond donors (Lipinski definition) is 1. The molecule has 98 valence electrons. The van der Waals surface area contributed by atoms with Gasteiger partial charge < -0.3 is 10.2 Å². The Morgan fingerprint density at radius 1 is 1.37 bits per heavy atom. The average molecular weight is 254 g/mol. The fourth-order valence-electron chi connectivity index (χ4n) is 1.89. The Morgan fingerprint density at radius 2 is 2.16 bits per heavy atom. The number of likely N-dealkylation sites (N-methyl/N-ethyl adjacent to an activating group) is 1. The number of fused-ring (bicyclic) bond motifs is 1. The molecule has 1 heterocycles. The molecule has 2 rings (SSSR count). The van der Waals surface area contributed by atoms with Crippen molar-refractivity contribution in [3.8, 4) is 6.07 Å². The number of para-hydroxylation sites is 1. The molecule has 4 heteroatoms. The molecule has 1 aromatic heterocycles. The molecule has 4 nitrogen and oxygen atoms in total. The third kappa shape index (κ3) is 3.21. The van der Waals surface area contributed by atoms with E-state index >= 15 is 0 Å². The molecule has 0 amide bonds. The van der Waals surface area contributed by atoms with Crippen LogP contribution in [0.3, 0.4) is 0 Å². The monoisotopic (exact) mass is 254 g/mol. The van der Waals surface area contributed by atoms with Crippen molar-refractivity contribution >= 4 is 16.7 Å². The molecular formula is C15H18N4. The summed E-state index contributed by atoms with van der Waals surface area (Å²) in [5.41, 5.74) is 1.52. The van der Waals surface area contributed by atoms with Crippen LogP contribution in [0, 0.1) is 11.3 Å². The van der Waals surface area contributed by atoms with E-state index in [2.05, 4.69) is 35.2 Å². The van der Waals surface area contributed by atoms with Gasteiger partial charge in [-0.25, -0.2) is 4.98 Å². The number of hydrogen-bond acceptors (Lipinski definition) is 4. The van der Waals surface area contributed by atoms with Gasteiger partial charge in [0.25, 0.3) is 0 Å². The Kier molecular flexibility index (Phi) is 4.32. The molecule has 1 aromatic carbocycles. The van der Waals surface area contributed by atoms with E-state index in [0.29, 0.717) is 5.56 Å². The molecule has 0 aliphatic carbocycles. The minimum Gasteiger partial charge on any atom is -0.369 e. The van der Waals surface area contributed by atoms with Crippen LogP contribution in [0.4, 0.5) is 5.82 Å². The minimum atomic E-state index is 0.664. The summed E-state index contributed by atoms with van der Waals surface area (Å²) in [5.74, 6) is 0.764. The van der Waals surface area contributed by atoms with Crippen molar-refractivity contribution < 1.29 is 0 Å². The van der Waals surface area contributed by atoms with Crippen molar-refractivity contribution in [2.75, 3.05) is 32.0 Å². The van der Waals surface area contributed by atoms with E-state index in [4.69, 9.17) is 0 Å². The maximum Gasteiger partial charge on any atom is 0.128 e. The summed E-state index contributed by atoms with van der Waals surface area (Å²) >= 11 is 0. The normalized spacial score (nSPS) is 10.6. The molecule has 19 heavy (non-hydrogen) atoms. The zero-order chi connectivity index (χ0) is 13.7. The van der Waals surface area contributed by atoms with Crippen LogP contribution in [0.2, 0.25) is 0 Å². The highest BCUT2D eigenvalue weighted by Crippen LogP contribution is 2.19. The average Bonchev–Trinajstić information content (AvgIpc) is 2.46. The summed E-state index contributed by atoms with van der Waals surface area (Å²) in [7, 11) is 2.08. The van der Waals surface area contributed by atoms with E-state index in [9.17, 15) is 5.26 Å². The van der Waals surface area contributed by atoms with Crippen molar-refractivity contribution in [1.29, 1.82) is 5.26 Å². The summed E-state index contributed by atoms with van der Waals surface area (Å²) in [6.07, 6.45) is 0. The number of nitriles is 1. The molecule has 0 unspecified atom stereocenters. The highest BCUT2D eigenvalue weighted by molar-refractivity contribution is 5.86. The predicted octanol–water partition coefficient (Wildman–Crippen LogP) is 2.47. The van der Waals surface area contributed by atoms with Gasteiger partial charge in [0.1, 0.15) is 5.82 Å².